The fourth-order valence-electron chi connectivity index (χ4n) is 0.431. The summed E-state index contributed by atoms with van der Waals surface area (Å²) in [6.45, 7) is 1.17. The van der Waals surface area contributed by atoms with E-state index in [2.05, 4.69) is 0 Å². The van der Waals surface area contributed by atoms with Crippen molar-refractivity contribution >= 4 is 34.9 Å². The van der Waals surface area contributed by atoms with Crippen molar-refractivity contribution in [3.05, 3.63) is 0 Å². The lowest BCUT2D eigenvalue weighted by molar-refractivity contribution is -0.133. The van der Waals surface area contributed by atoms with E-state index in [9.17, 15) is 9.59 Å². The first-order valence-electron chi connectivity index (χ1n) is 2.90. The van der Waals surface area contributed by atoms with E-state index in [-0.39, 0.29) is 0 Å². The van der Waals surface area contributed by atoms with Crippen molar-refractivity contribution in [3.63, 3.8) is 0 Å². The third-order valence-corrected chi connectivity index (χ3v) is 1.97. The molecule has 5 heteroatoms. The molecule has 0 N–H and O–H groups in total. The van der Waals surface area contributed by atoms with Crippen LogP contribution in [0.2, 0.25) is 0 Å². The molecule has 64 valence electrons. The molecule has 0 heterocycles. The average Bonchev–Trinajstić information content (AvgIpc) is 1.85. The summed E-state index contributed by atoms with van der Waals surface area (Å²) in [6.07, 6.45) is 0. The zero-order chi connectivity index (χ0) is 9.23. The van der Waals surface area contributed by atoms with Gasteiger partial charge in [0.2, 0.25) is 0 Å². The first kappa shape index (κ1) is 10.7. The number of rotatable bonds is 2. The highest BCUT2D eigenvalue weighted by Gasteiger charge is 2.40. The number of amides is 1. The fraction of sp³-hybridized carbons (Fsp3) is 0.667. The molecule has 0 saturated carbocycles. The maximum Gasteiger partial charge on any atom is 0.266 e. The van der Waals surface area contributed by atoms with Crippen molar-refractivity contribution in [2.75, 3.05) is 14.1 Å². The number of hydrogen-bond acceptors (Lipinski definition) is 2. The molecule has 0 aliphatic carbocycles. The quantitative estimate of drug-likeness (QED) is 0.487. The van der Waals surface area contributed by atoms with Gasteiger partial charge in [-0.3, -0.25) is 9.59 Å². The van der Waals surface area contributed by atoms with Gasteiger partial charge in [-0.2, -0.15) is 0 Å². The minimum atomic E-state index is -1.93. The van der Waals surface area contributed by atoms with Gasteiger partial charge < -0.3 is 4.90 Å². The molecule has 0 atom stereocenters. The fourth-order valence-corrected chi connectivity index (χ4v) is 0.769. The van der Waals surface area contributed by atoms with E-state index in [1.54, 1.807) is 0 Å². The van der Waals surface area contributed by atoms with Crippen molar-refractivity contribution in [2.24, 2.45) is 0 Å². The molecule has 0 radical (unpaired) electrons. The van der Waals surface area contributed by atoms with Crippen molar-refractivity contribution in [1.82, 2.24) is 4.90 Å². The van der Waals surface area contributed by atoms with Crippen LogP contribution in [0.15, 0.2) is 0 Å². The van der Waals surface area contributed by atoms with E-state index < -0.39 is 16.0 Å². The van der Waals surface area contributed by atoms with Crippen molar-refractivity contribution < 1.29 is 9.59 Å². The van der Waals surface area contributed by atoms with Crippen LogP contribution >= 0.6 is 23.2 Å². The van der Waals surface area contributed by atoms with Gasteiger partial charge in [-0.25, -0.2) is 0 Å². The van der Waals surface area contributed by atoms with Gasteiger partial charge in [0, 0.05) is 14.1 Å². The highest BCUT2D eigenvalue weighted by Crippen LogP contribution is 2.23. The number of nitrogens with zero attached hydrogens (tertiary/aromatic N) is 1. The molecular weight excluding hydrogens is 189 g/mol. The van der Waals surface area contributed by atoms with E-state index in [1.807, 2.05) is 0 Å². The molecule has 0 aromatic carbocycles. The van der Waals surface area contributed by atoms with E-state index in [4.69, 9.17) is 23.2 Å². The van der Waals surface area contributed by atoms with Gasteiger partial charge in [0.05, 0.1) is 0 Å². The number of carbonyl (C=O) groups excluding carboxylic acids is 2. The molecule has 11 heavy (non-hydrogen) atoms. The van der Waals surface area contributed by atoms with Crippen LogP contribution in [0, 0.1) is 0 Å². The Kier molecular flexibility index (Phi) is 3.32. The van der Waals surface area contributed by atoms with Crippen LogP contribution in [0.25, 0.3) is 0 Å². The third kappa shape index (κ3) is 2.34. The highest BCUT2D eigenvalue weighted by molar-refractivity contribution is 6.67. The standard InChI is InChI=1S/C6H9Cl2NO2/c1-4(10)6(7,8)5(11)9(2)3/h1-3H3. The molecule has 1 amide bonds. The van der Waals surface area contributed by atoms with Gasteiger partial charge in [-0.1, -0.05) is 23.2 Å². The van der Waals surface area contributed by atoms with Gasteiger partial charge in [0.15, 0.2) is 5.78 Å². The van der Waals surface area contributed by atoms with Crippen LogP contribution in [-0.2, 0) is 9.59 Å². The first-order chi connectivity index (χ1) is 4.80. The van der Waals surface area contributed by atoms with Crippen LogP contribution in [0.3, 0.4) is 0 Å². The Hall–Kier alpha value is -0.280. The number of alkyl halides is 2. The molecule has 0 aromatic rings. The van der Waals surface area contributed by atoms with E-state index >= 15 is 0 Å². The number of ketones is 1. The van der Waals surface area contributed by atoms with Gasteiger partial charge in [0.25, 0.3) is 10.2 Å². The minimum Gasteiger partial charge on any atom is -0.346 e. The summed E-state index contributed by atoms with van der Waals surface area (Å²) in [7, 11) is 2.95. The van der Waals surface area contributed by atoms with Crippen LogP contribution < -0.4 is 0 Å². The number of halogens is 2. The molecule has 0 unspecified atom stereocenters. The molecule has 0 aliphatic heterocycles. The van der Waals surface area contributed by atoms with E-state index in [0.29, 0.717) is 0 Å². The van der Waals surface area contributed by atoms with Crippen LogP contribution in [-0.4, -0.2) is 35.0 Å². The van der Waals surface area contributed by atoms with Gasteiger partial charge >= 0.3 is 0 Å². The second-order valence-corrected chi connectivity index (χ2v) is 3.66. The van der Waals surface area contributed by atoms with Gasteiger partial charge in [-0.15, -0.1) is 0 Å². The molecule has 0 saturated heterocycles. The Balaban J connectivity index is 4.56. The molecule has 0 rings (SSSR count). The predicted octanol–water partition coefficient (Wildman–Crippen LogP) is 0.838. The molecule has 0 fully saturated rings. The SMILES string of the molecule is CC(=O)C(Cl)(Cl)C(=O)N(C)C. The monoisotopic (exact) mass is 197 g/mol. The van der Waals surface area contributed by atoms with Crippen molar-refractivity contribution in [3.8, 4) is 0 Å². The first-order valence-corrected chi connectivity index (χ1v) is 3.66. The van der Waals surface area contributed by atoms with Crippen LogP contribution in [0.5, 0.6) is 0 Å². The number of Topliss-reactive ketones (excluding diaryl/α,β-unsaturated/α-hetero) is 1. The second kappa shape index (κ2) is 3.41. The maximum atomic E-state index is 11.0. The van der Waals surface area contributed by atoms with Gasteiger partial charge in [-0.05, 0) is 6.92 Å². The van der Waals surface area contributed by atoms with Crippen molar-refractivity contribution in [1.29, 1.82) is 0 Å². The van der Waals surface area contributed by atoms with Crippen LogP contribution in [0.4, 0.5) is 0 Å². The highest BCUT2D eigenvalue weighted by atomic mass is 35.5. The molecule has 0 aromatic heterocycles. The van der Waals surface area contributed by atoms with Crippen LogP contribution in [0.1, 0.15) is 6.92 Å². The summed E-state index contributed by atoms with van der Waals surface area (Å²) >= 11 is 10.9. The summed E-state index contributed by atoms with van der Waals surface area (Å²) in [5, 5.41) is 0. The summed E-state index contributed by atoms with van der Waals surface area (Å²) in [4.78, 5) is 22.9. The Morgan fingerprint density at radius 3 is 1.73 bits per heavy atom. The summed E-state index contributed by atoms with van der Waals surface area (Å²) in [5.74, 6) is -1.19. The average molecular weight is 198 g/mol. The minimum absolute atomic E-state index is 0.570. The summed E-state index contributed by atoms with van der Waals surface area (Å²) in [6, 6.07) is 0. The normalized spacial score (nSPS) is 11.0. The summed E-state index contributed by atoms with van der Waals surface area (Å²) in [5.41, 5.74) is 0. The molecular formula is C6H9Cl2NO2. The lowest BCUT2D eigenvalue weighted by Gasteiger charge is -2.19. The smallest absolute Gasteiger partial charge is 0.266 e. The molecule has 0 aliphatic rings. The largest absolute Gasteiger partial charge is 0.346 e. The maximum absolute atomic E-state index is 11.0. The number of hydrogen-bond donors (Lipinski definition) is 0. The number of carbonyl (C=O) groups is 2. The van der Waals surface area contributed by atoms with E-state index in [1.165, 1.54) is 25.9 Å². The topological polar surface area (TPSA) is 37.4 Å². The third-order valence-electron chi connectivity index (χ3n) is 1.12. The Bertz CT molecular complexity index is 189. The Morgan fingerprint density at radius 1 is 1.27 bits per heavy atom. The molecule has 3 nitrogen and oxygen atoms in total. The molecule has 0 bridgehead atoms. The Morgan fingerprint density at radius 2 is 1.64 bits per heavy atom. The lowest BCUT2D eigenvalue weighted by atomic mass is 10.3. The summed E-state index contributed by atoms with van der Waals surface area (Å²) < 4.78 is -1.93. The van der Waals surface area contributed by atoms with E-state index in [0.717, 1.165) is 0 Å². The zero-order valence-corrected chi connectivity index (χ0v) is 8.03. The second-order valence-electron chi connectivity index (χ2n) is 2.33. The molecule has 0 spiro atoms. The predicted molar refractivity (Wildman–Crippen MR) is 43.8 cm³/mol. The van der Waals surface area contributed by atoms with Gasteiger partial charge in [0.1, 0.15) is 0 Å². The Labute approximate surface area is 75.3 Å². The van der Waals surface area contributed by atoms with Crippen molar-refractivity contribution in [2.45, 2.75) is 11.3 Å². The lowest BCUT2D eigenvalue weighted by Crippen LogP contribution is -2.42. The zero-order valence-electron chi connectivity index (χ0n) is 6.52.